The zero-order valence-electron chi connectivity index (χ0n) is 27.2. The summed E-state index contributed by atoms with van der Waals surface area (Å²) in [5.74, 6) is 0.103. The maximum Gasteiger partial charge on any atom is 0.271 e. The maximum atomic E-state index is 14.5. The molecule has 0 N–H and O–H groups in total. The third kappa shape index (κ3) is 4.52. The lowest BCUT2D eigenvalue weighted by atomic mass is 9.96. The molecule has 0 fully saturated rings. The number of para-hydroxylation sites is 3. The molecule has 0 amide bonds. The Labute approximate surface area is 294 Å². The summed E-state index contributed by atoms with van der Waals surface area (Å²) in [5.41, 5.74) is 9.55. The molecular weight excluding hydrogens is 649 g/mol. The monoisotopic (exact) mass is 676 g/mol. The van der Waals surface area contributed by atoms with Crippen molar-refractivity contribution in [2.45, 2.75) is 4.90 Å². The van der Waals surface area contributed by atoms with E-state index in [2.05, 4.69) is 77.4 Å². The van der Waals surface area contributed by atoms with Crippen LogP contribution in [0.15, 0.2) is 175 Å². The number of nitrogens with zero attached hydrogens (tertiary/aromatic N) is 4. The van der Waals surface area contributed by atoms with Gasteiger partial charge in [0.2, 0.25) is 5.95 Å². The molecule has 0 radical (unpaired) electrons. The third-order valence-electron chi connectivity index (χ3n) is 9.75. The van der Waals surface area contributed by atoms with Crippen LogP contribution in [0.1, 0.15) is 0 Å². The Morgan fingerprint density at radius 3 is 1.96 bits per heavy atom. The van der Waals surface area contributed by atoms with Crippen molar-refractivity contribution in [2.75, 3.05) is 4.31 Å². The van der Waals surface area contributed by atoms with Crippen LogP contribution in [0, 0.1) is 0 Å². The molecule has 6 nitrogen and oxygen atoms in total. The van der Waals surface area contributed by atoms with Crippen molar-refractivity contribution in [1.82, 2.24) is 14.5 Å². The van der Waals surface area contributed by atoms with Gasteiger partial charge in [0.25, 0.3) is 10.0 Å². The fraction of sp³-hybridized carbons (Fsp3) is 0. The highest BCUT2D eigenvalue weighted by molar-refractivity contribution is 7.93. The highest BCUT2D eigenvalue weighted by Crippen LogP contribution is 2.48. The number of rotatable bonds is 4. The van der Waals surface area contributed by atoms with Gasteiger partial charge >= 0.3 is 0 Å². The molecular formula is C44H28N4O2S. The van der Waals surface area contributed by atoms with E-state index in [0.717, 1.165) is 49.7 Å². The van der Waals surface area contributed by atoms with Gasteiger partial charge in [0.1, 0.15) is 0 Å². The van der Waals surface area contributed by atoms with Crippen molar-refractivity contribution in [1.29, 1.82) is 0 Å². The lowest BCUT2D eigenvalue weighted by molar-refractivity contribution is 0.595. The van der Waals surface area contributed by atoms with E-state index in [1.54, 1.807) is 12.1 Å². The van der Waals surface area contributed by atoms with Gasteiger partial charge in [-0.2, -0.15) is 0 Å². The van der Waals surface area contributed by atoms with Crippen LogP contribution < -0.4 is 4.31 Å². The molecule has 0 aliphatic carbocycles. The van der Waals surface area contributed by atoms with Crippen molar-refractivity contribution in [3.05, 3.63) is 170 Å². The number of sulfonamides is 1. The number of aromatic nitrogens is 3. The van der Waals surface area contributed by atoms with Gasteiger partial charge in [-0.05, 0) is 65.7 Å². The predicted octanol–water partition coefficient (Wildman–Crippen LogP) is 10.6. The average Bonchev–Trinajstić information content (AvgIpc) is 3.52. The molecule has 51 heavy (non-hydrogen) atoms. The summed E-state index contributed by atoms with van der Waals surface area (Å²) in [4.78, 5) is 10.0. The fourth-order valence-corrected chi connectivity index (χ4v) is 9.06. The van der Waals surface area contributed by atoms with Crippen molar-refractivity contribution in [2.24, 2.45) is 0 Å². The first-order valence-corrected chi connectivity index (χ1v) is 18.2. The number of benzene rings is 7. The second kappa shape index (κ2) is 11.2. The van der Waals surface area contributed by atoms with E-state index in [9.17, 15) is 8.42 Å². The van der Waals surface area contributed by atoms with Crippen LogP contribution in [0.2, 0.25) is 0 Å². The van der Waals surface area contributed by atoms with Crippen LogP contribution in [0.5, 0.6) is 0 Å². The Hall–Kier alpha value is -6.57. The number of hydrogen-bond acceptors (Lipinski definition) is 4. The van der Waals surface area contributed by atoms with Gasteiger partial charge in [0.05, 0.1) is 32.8 Å². The Morgan fingerprint density at radius 1 is 0.471 bits per heavy atom. The lowest BCUT2D eigenvalue weighted by Gasteiger charge is -2.31. The molecule has 242 valence electrons. The zero-order valence-corrected chi connectivity index (χ0v) is 28.0. The quantitative estimate of drug-likeness (QED) is 0.186. The largest absolute Gasteiger partial charge is 0.309 e. The molecule has 7 aromatic carbocycles. The Balaban J connectivity index is 1.18. The molecule has 10 rings (SSSR count). The number of fused-ring (bicyclic) bond motifs is 7. The second-order valence-corrected chi connectivity index (χ2v) is 14.4. The summed E-state index contributed by atoms with van der Waals surface area (Å²) < 4.78 is 32.7. The van der Waals surface area contributed by atoms with Gasteiger partial charge < -0.3 is 4.57 Å². The van der Waals surface area contributed by atoms with Gasteiger partial charge in [0, 0.05) is 38.5 Å². The van der Waals surface area contributed by atoms with Crippen LogP contribution in [0.4, 0.5) is 11.6 Å². The van der Waals surface area contributed by atoms with E-state index >= 15 is 0 Å². The van der Waals surface area contributed by atoms with Crippen LogP contribution in [0.25, 0.3) is 71.9 Å². The molecule has 0 spiro atoms. The topological polar surface area (TPSA) is 68.1 Å². The van der Waals surface area contributed by atoms with Crippen LogP contribution in [-0.2, 0) is 10.0 Å². The number of anilines is 2. The first kappa shape index (κ1) is 29.4. The van der Waals surface area contributed by atoms with Crippen molar-refractivity contribution < 1.29 is 8.42 Å². The van der Waals surface area contributed by atoms with Gasteiger partial charge in [-0.25, -0.2) is 22.7 Å². The molecule has 0 unspecified atom stereocenters. The Kier molecular flexibility index (Phi) is 6.47. The standard InChI is InChI=1S/C44H28N4O2S/c49-51(50)42-22-12-9-18-34(42)37-28-31(30-23-25-40-36(27-30)33-17-8-11-21-39(33)47(40)32-15-5-2-6-16-32)24-26-41(37)48(51)44-45-38-20-10-7-19-35(38)43(46-44)29-13-3-1-4-14-29/h1-28H. The molecule has 0 atom stereocenters. The molecule has 1 aliphatic heterocycles. The van der Waals surface area contributed by atoms with Gasteiger partial charge in [-0.3, -0.25) is 0 Å². The average molecular weight is 677 g/mol. The van der Waals surface area contributed by atoms with Gasteiger partial charge in [0.15, 0.2) is 0 Å². The highest BCUT2D eigenvalue weighted by atomic mass is 32.2. The van der Waals surface area contributed by atoms with Crippen LogP contribution in [0.3, 0.4) is 0 Å². The lowest BCUT2D eigenvalue weighted by Crippen LogP contribution is -2.31. The fourth-order valence-electron chi connectivity index (χ4n) is 7.44. The minimum atomic E-state index is -4.07. The Morgan fingerprint density at radius 2 is 1.12 bits per heavy atom. The second-order valence-electron chi connectivity index (χ2n) is 12.7. The Bertz CT molecular complexity index is 2940. The molecule has 0 saturated carbocycles. The van der Waals surface area contributed by atoms with E-state index in [-0.39, 0.29) is 10.8 Å². The summed E-state index contributed by atoms with van der Waals surface area (Å²) in [6.07, 6.45) is 0. The summed E-state index contributed by atoms with van der Waals surface area (Å²) in [6.45, 7) is 0. The SMILES string of the molecule is O=S1(=O)c2ccccc2-c2cc(-c3ccc4c(c3)c3ccccc3n4-c3ccccc3)ccc2N1c1nc(-c2ccccc2)c2ccccc2n1. The third-order valence-corrected chi connectivity index (χ3v) is 11.5. The van der Waals surface area contributed by atoms with E-state index in [1.165, 1.54) is 9.69 Å². The molecule has 3 heterocycles. The van der Waals surface area contributed by atoms with E-state index < -0.39 is 10.0 Å². The minimum Gasteiger partial charge on any atom is -0.309 e. The highest BCUT2D eigenvalue weighted by Gasteiger charge is 2.38. The first-order chi connectivity index (χ1) is 25.1. The van der Waals surface area contributed by atoms with Crippen molar-refractivity contribution in [3.63, 3.8) is 0 Å². The summed E-state index contributed by atoms with van der Waals surface area (Å²) >= 11 is 0. The van der Waals surface area contributed by atoms with E-state index in [1.807, 2.05) is 84.9 Å². The number of hydrogen-bond donors (Lipinski definition) is 0. The summed E-state index contributed by atoms with van der Waals surface area (Å²) in [5, 5.41) is 3.16. The van der Waals surface area contributed by atoms with Gasteiger partial charge in [-0.1, -0.05) is 115 Å². The van der Waals surface area contributed by atoms with E-state index in [0.29, 0.717) is 22.5 Å². The molecule has 1 aliphatic rings. The smallest absolute Gasteiger partial charge is 0.271 e. The first-order valence-electron chi connectivity index (χ1n) is 16.8. The normalized spacial score (nSPS) is 13.4. The molecule has 7 heteroatoms. The molecule has 9 aromatic rings. The predicted molar refractivity (Wildman–Crippen MR) is 206 cm³/mol. The molecule has 2 aromatic heterocycles. The molecule has 0 bridgehead atoms. The molecule has 0 saturated heterocycles. The van der Waals surface area contributed by atoms with E-state index in [4.69, 9.17) is 9.97 Å². The van der Waals surface area contributed by atoms with Gasteiger partial charge in [-0.15, -0.1) is 0 Å². The van der Waals surface area contributed by atoms with Crippen LogP contribution >= 0.6 is 0 Å². The summed E-state index contributed by atoms with van der Waals surface area (Å²) in [7, 11) is -4.07. The zero-order chi connectivity index (χ0) is 34.1. The van der Waals surface area contributed by atoms with Crippen LogP contribution in [-0.4, -0.2) is 23.0 Å². The minimum absolute atomic E-state index is 0.103. The van der Waals surface area contributed by atoms with Crippen molar-refractivity contribution in [3.8, 4) is 39.2 Å². The maximum absolute atomic E-state index is 14.5. The van der Waals surface area contributed by atoms with Crippen molar-refractivity contribution >= 4 is 54.4 Å². The summed E-state index contributed by atoms with van der Waals surface area (Å²) in [6, 6.07) is 56.1.